The van der Waals surface area contributed by atoms with Gasteiger partial charge in [-0.15, -0.1) is 11.3 Å². The first-order chi connectivity index (χ1) is 16.5. The van der Waals surface area contributed by atoms with Crippen LogP contribution in [0.3, 0.4) is 0 Å². The molecule has 4 aromatic heterocycles. The zero-order valence-electron chi connectivity index (χ0n) is 19.7. The standard InChI is InChI=1S/C25H28N8S/c1-15-6-19(8-20-7-16(2)30-31-20)29-25(28-15)18-4-5-24(27-10-18)32-12-21-9-22(13-32)33(21)14-23-11-26-17(3)34-23/h4-7,10-11,21-22H,8-9,12-14H2,1-3H3,(H,30,31). The predicted octanol–water partition coefficient (Wildman–Crippen LogP) is 3.70. The maximum absolute atomic E-state index is 4.79. The van der Waals surface area contributed by atoms with E-state index in [2.05, 4.69) is 55.1 Å². The highest BCUT2D eigenvalue weighted by atomic mass is 32.1. The molecule has 8 nitrogen and oxygen atoms in total. The summed E-state index contributed by atoms with van der Waals surface area (Å²) in [5.41, 5.74) is 4.89. The van der Waals surface area contributed by atoms with Gasteiger partial charge in [-0.1, -0.05) is 0 Å². The summed E-state index contributed by atoms with van der Waals surface area (Å²) in [5, 5.41) is 8.48. The Bertz CT molecular complexity index is 1300. The van der Waals surface area contributed by atoms with Crippen LogP contribution < -0.4 is 4.90 Å². The topological polar surface area (TPSA) is 86.7 Å². The number of aromatic nitrogens is 6. The van der Waals surface area contributed by atoms with Gasteiger partial charge in [-0.25, -0.2) is 19.9 Å². The van der Waals surface area contributed by atoms with Gasteiger partial charge in [0.1, 0.15) is 5.82 Å². The number of H-pyrrole nitrogens is 1. The quantitative estimate of drug-likeness (QED) is 0.458. The van der Waals surface area contributed by atoms with Gasteiger partial charge in [-0.3, -0.25) is 10.00 Å². The van der Waals surface area contributed by atoms with Crippen molar-refractivity contribution in [3.05, 3.63) is 69.3 Å². The van der Waals surface area contributed by atoms with E-state index in [1.165, 1.54) is 11.3 Å². The van der Waals surface area contributed by atoms with E-state index < -0.39 is 0 Å². The van der Waals surface area contributed by atoms with Gasteiger partial charge in [0.15, 0.2) is 5.82 Å². The lowest BCUT2D eigenvalue weighted by molar-refractivity contribution is -0.00787. The lowest BCUT2D eigenvalue weighted by Crippen LogP contribution is -2.68. The van der Waals surface area contributed by atoms with Crippen molar-refractivity contribution < 1.29 is 0 Å². The molecule has 2 bridgehead atoms. The summed E-state index contributed by atoms with van der Waals surface area (Å²) in [6.07, 6.45) is 5.90. The van der Waals surface area contributed by atoms with Crippen LogP contribution in [0.1, 0.15) is 39.1 Å². The first kappa shape index (κ1) is 21.4. The Morgan fingerprint density at radius 3 is 2.53 bits per heavy atom. The summed E-state index contributed by atoms with van der Waals surface area (Å²) in [6, 6.07) is 9.47. The molecule has 3 fully saturated rings. The molecule has 0 radical (unpaired) electrons. The highest BCUT2D eigenvalue weighted by Gasteiger charge is 2.44. The van der Waals surface area contributed by atoms with Crippen LogP contribution in [0.4, 0.5) is 5.82 Å². The fourth-order valence-corrected chi connectivity index (χ4v) is 5.90. The molecular formula is C25H28N8S. The zero-order valence-corrected chi connectivity index (χ0v) is 20.5. The molecule has 2 unspecified atom stereocenters. The van der Waals surface area contributed by atoms with Gasteiger partial charge in [0.05, 0.1) is 16.4 Å². The molecule has 2 atom stereocenters. The molecule has 3 aliphatic heterocycles. The molecule has 1 N–H and O–H groups in total. The van der Waals surface area contributed by atoms with Crippen molar-refractivity contribution >= 4 is 17.2 Å². The van der Waals surface area contributed by atoms with Crippen molar-refractivity contribution in [3.8, 4) is 11.4 Å². The monoisotopic (exact) mass is 472 g/mol. The van der Waals surface area contributed by atoms with E-state index in [9.17, 15) is 0 Å². The number of pyridine rings is 1. The Balaban J connectivity index is 1.14. The molecule has 0 spiro atoms. The first-order valence-corrected chi connectivity index (χ1v) is 12.6. The Morgan fingerprint density at radius 1 is 1.00 bits per heavy atom. The summed E-state index contributed by atoms with van der Waals surface area (Å²) < 4.78 is 0. The number of piperidine rings is 1. The molecule has 0 aromatic carbocycles. The zero-order chi connectivity index (χ0) is 23.2. The van der Waals surface area contributed by atoms with E-state index in [1.54, 1.807) is 0 Å². The Labute approximate surface area is 203 Å². The van der Waals surface area contributed by atoms with Crippen molar-refractivity contribution in [3.63, 3.8) is 0 Å². The van der Waals surface area contributed by atoms with Crippen molar-refractivity contribution in [1.82, 2.24) is 35.0 Å². The molecule has 0 aliphatic carbocycles. The number of fused-ring (bicyclic) bond motifs is 2. The van der Waals surface area contributed by atoms with Crippen LogP contribution in [0.2, 0.25) is 0 Å². The molecule has 0 amide bonds. The summed E-state index contributed by atoms with van der Waals surface area (Å²) in [6.45, 7) is 9.15. The maximum Gasteiger partial charge on any atom is 0.161 e. The molecule has 4 aromatic rings. The van der Waals surface area contributed by atoms with Gasteiger partial charge in [0, 0.05) is 72.4 Å². The van der Waals surface area contributed by atoms with Crippen molar-refractivity contribution in [2.75, 3.05) is 18.0 Å². The second-order valence-corrected chi connectivity index (χ2v) is 10.7. The van der Waals surface area contributed by atoms with E-state index in [-0.39, 0.29) is 0 Å². The number of aryl methyl sites for hydroxylation is 3. The Kier molecular flexibility index (Phi) is 5.38. The molecule has 3 saturated heterocycles. The summed E-state index contributed by atoms with van der Waals surface area (Å²) >= 11 is 1.81. The first-order valence-electron chi connectivity index (χ1n) is 11.7. The molecule has 3 aliphatic rings. The number of hydrogen-bond acceptors (Lipinski definition) is 8. The molecule has 7 rings (SSSR count). The molecule has 7 heterocycles. The SMILES string of the molecule is Cc1cc(Cc2cc(C)[nH]n2)nc(-c2ccc(N3CC4CC(C3)N4Cc3cnc(C)s3)nc2)n1. The van der Waals surface area contributed by atoms with Gasteiger partial charge >= 0.3 is 0 Å². The van der Waals surface area contributed by atoms with Crippen LogP contribution in [0.5, 0.6) is 0 Å². The number of hydrogen-bond donors (Lipinski definition) is 1. The summed E-state index contributed by atoms with van der Waals surface area (Å²) in [5.74, 6) is 1.75. The third-order valence-corrected chi connectivity index (χ3v) is 7.61. The highest BCUT2D eigenvalue weighted by Crippen LogP contribution is 2.36. The second kappa shape index (κ2) is 8.56. The van der Waals surface area contributed by atoms with Gasteiger partial charge < -0.3 is 4.90 Å². The van der Waals surface area contributed by atoms with E-state index in [1.807, 2.05) is 43.6 Å². The van der Waals surface area contributed by atoms with Crippen molar-refractivity contribution in [1.29, 1.82) is 0 Å². The minimum absolute atomic E-state index is 0.593. The fraction of sp³-hybridized carbons (Fsp3) is 0.400. The van der Waals surface area contributed by atoms with Crippen LogP contribution in [-0.2, 0) is 13.0 Å². The van der Waals surface area contributed by atoms with Crippen molar-refractivity contribution in [2.45, 2.75) is 52.2 Å². The molecule has 9 heteroatoms. The smallest absolute Gasteiger partial charge is 0.161 e. The number of nitrogens with zero attached hydrogens (tertiary/aromatic N) is 7. The summed E-state index contributed by atoms with van der Waals surface area (Å²) in [7, 11) is 0. The molecule has 34 heavy (non-hydrogen) atoms. The third-order valence-electron chi connectivity index (χ3n) is 6.71. The van der Waals surface area contributed by atoms with Crippen LogP contribution in [-0.4, -0.2) is 60.2 Å². The average Bonchev–Trinajstić information content (AvgIpc) is 3.44. The normalized spacial score (nSPS) is 19.9. The maximum atomic E-state index is 4.79. The fourth-order valence-electron chi connectivity index (χ4n) is 5.10. The largest absolute Gasteiger partial charge is 0.353 e. The summed E-state index contributed by atoms with van der Waals surface area (Å²) in [4.78, 5) is 25.1. The van der Waals surface area contributed by atoms with Gasteiger partial charge in [-0.05, 0) is 51.5 Å². The van der Waals surface area contributed by atoms with Crippen LogP contribution >= 0.6 is 11.3 Å². The Morgan fingerprint density at radius 2 is 1.85 bits per heavy atom. The third kappa shape index (κ3) is 4.21. The molecule has 174 valence electrons. The predicted molar refractivity (Wildman–Crippen MR) is 133 cm³/mol. The molecular weight excluding hydrogens is 444 g/mol. The average molecular weight is 473 g/mol. The van der Waals surface area contributed by atoms with E-state index in [0.717, 1.165) is 58.8 Å². The molecule has 0 saturated carbocycles. The number of nitrogens with one attached hydrogen (secondary N) is 1. The minimum atomic E-state index is 0.593. The Hall–Kier alpha value is -3.17. The number of thiazole rings is 1. The number of rotatable bonds is 6. The second-order valence-electron chi connectivity index (χ2n) is 9.41. The van der Waals surface area contributed by atoms with Gasteiger partial charge in [0.2, 0.25) is 0 Å². The highest BCUT2D eigenvalue weighted by molar-refractivity contribution is 7.11. The van der Waals surface area contributed by atoms with E-state index in [4.69, 9.17) is 9.97 Å². The van der Waals surface area contributed by atoms with E-state index in [0.29, 0.717) is 24.3 Å². The number of anilines is 1. The van der Waals surface area contributed by atoms with Crippen LogP contribution in [0.15, 0.2) is 36.7 Å². The number of piperazine rings is 1. The van der Waals surface area contributed by atoms with Crippen LogP contribution in [0, 0.1) is 20.8 Å². The van der Waals surface area contributed by atoms with Crippen LogP contribution in [0.25, 0.3) is 11.4 Å². The van der Waals surface area contributed by atoms with E-state index >= 15 is 0 Å². The number of aromatic amines is 1. The minimum Gasteiger partial charge on any atom is -0.353 e. The lowest BCUT2D eigenvalue weighted by atomic mass is 9.87. The van der Waals surface area contributed by atoms with Gasteiger partial charge in [-0.2, -0.15) is 5.10 Å². The van der Waals surface area contributed by atoms with Crippen molar-refractivity contribution in [2.24, 2.45) is 0 Å². The van der Waals surface area contributed by atoms with Gasteiger partial charge in [0.25, 0.3) is 0 Å². The lowest BCUT2D eigenvalue weighted by Gasteiger charge is -2.56.